The van der Waals surface area contributed by atoms with Gasteiger partial charge in [-0.05, 0) is 18.2 Å². The van der Waals surface area contributed by atoms with Gasteiger partial charge in [-0.2, -0.15) is 0 Å². The second-order valence-electron chi connectivity index (χ2n) is 4.08. The van der Waals surface area contributed by atoms with Gasteiger partial charge in [0.05, 0.1) is 22.7 Å². The summed E-state index contributed by atoms with van der Waals surface area (Å²) in [7, 11) is -3.03. The quantitative estimate of drug-likeness (QED) is 0.815. The fraction of sp³-hybridized carbons (Fsp3) is 0.364. The number of aryl methyl sites for hydroxylation is 1. The third kappa shape index (κ3) is 2.96. The molecular formula is C11H12Cl2N2O2S. The first-order chi connectivity index (χ1) is 8.40. The molecule has 1 heterocycles. The van der Waals surface area contributed by atoms with Gasteiger partial charge in [-0.25, -0.2) is 13.4 Å². The molecule has 0 atom stereocenters. The third-order valence-electron chi connectivity index (χ3n) is 2.59. The molecule has 0 spiro atoms. The second-order valence-corrected chi connectivity index (χ2v) is 7.04. The summed E-state index contributed by atoms with van der Waals surface area (Å²) in [6.07, 6.45) is 1.21. The molecule has 0 aliphatic heterocycles. The summed E-state index contributed by atoms with van der Waals surface area (Å²) < 4.78 is 24.3. The maximum Gasteiger partial charge on any atom is 0.149 e. The van der Waals surface area contributed by atoms with Crippen LogP contribution in [0.5, 0.6) is 0 Å². The first kappa shape index (κ1) is 13.6. The number of alkyl halides is 1. The lowest BCUT2D eigenvalue weighted by Crippen LogP contribution is -2.12. The largest absolute Gasteiger partial charge is 0.326 e. The monoisotopic (exact) mass is 306 g/mol. The van der Waals surface area contributed by atoms with Crippen molar-refractivity contribution in [2.45, 2.75) is 12.4 Å². The molecule has 0 radical (unpaired) electrons. The van der Waals surface area contributed by atoms with E-state index in [0.29, 0.717) is 17.4 Å². The third-order valence-corrected chi connectivity index (χ3v) is 3.99. The zero-order valence-corrected chi connectivity index (χ0v) is 12.1. The van der Waals surface area contributed by atoms with Gasteiger partial charge in [-0.15, -0.1) is 11.6 Å². The number of fused-ring (bicyclic) bond motifs is 1. The molecule has 0 unspecified atom stereocenters. The van der Waals surface area contributed by atoms with Crippen molar-refractivity contribution >= 4 is 44.1 Å². The molecule has 2 aromatic rings. The summed E-state index contributed by atoms with van der Waals surface area (Å²) in [6, 6.07) is 5.31. The van der Waals surface area contributed by atoms with Crippen LogP contribution in [0.4, 0.5) is 0 Å². The molecule has 98 valence electrons. The Bertz CT molecular complexity index is 680. The molecule has 2 rings (SSSR count). The number of hydrogen-bond donors (Lipinski definition) is 0. The van der Waals surface area contributed by atoms with Crippen molar-refractivity contribution in [3.05, 3.63) is 29.0 Å². The molecule has 0 N–H and O–H groups in total. The predicted octanol–water partition coefficient (Wildman–Crippen LogP) is 2.47. The summed E-state index contributed by atoms with van der Waals surface area (Å²) in [4.78, 5) is 4.35. The van der Waals surface area contributed by atoms with E-state index in [1.54, 1.807) is 22.8 Å². The van der Waals surface area contributed by atoms with Crippen LogP contribution in [0.15, 0.2) is 18.2 Å². The van der Waals surface area contributed by atoms with E-state index >= 15 is 0 Å². The van der Waals surface area contributed by atoms with E-state index in [0.717, 1.165) is 11.0 Å². The van der Waals surface area contributed by atoms with Crippen LogP contribution in [0, 0.1) is 0 Å². The average molecular weight is 307 g/mol. The minimum Gasteiger partial charge on any atom is -0.326 e. The second kappa shape index (κ2) is 5.07. The van der Waals surface area contributed by atoms with Crippen LogP contribution in [0.2, 0.25) is 5.02 Å². The lowest BCUT2D eigenvalue weighted by molar-refractivity contribution is 0.594. The minimum absolute atomic E-state index is 0.0505. The lowest BCUT2D eigenvalue weighted by atomic mass is 10.3. The Morgan fingerprint density at radius 2 is 2.11 bits per heavy atom. The van der Waals surface area contributed by atoms with Gasteiger partial charge in [-0.1, -0.05) is 11.6 Å². The van der Waals surface area contributed by atoms with E-state index < -0.39 is 9.84 Å². The van der Waals surface area contributed by atoms with Gasteiger partial charge in [0.2, 0.25) is 0 Å². The van der Waals surface area contributed by atoms with E-state index in [1.165, 1.54) is 6.26 Å². The molecule has 0 fully saturated rings. The van der Waals surface area contributed by atoms with Crippen LogP contribution in [-0.4, -0.2) is 30.0 Å². The maximum atomic E-state index is 11.2. The van der Waals surface area contributed by atoms with Crippen LogP contribution in [0.3, 0.4) is 0 Å². The van der Waals surface area contributed by atoms with Gasteiger partial charge in [0.25, 0.3) is 0 Å². The molecule has 0 amide bonds. The highest BCUT2D eigenvalue weighted by Crippen LogP contribution is 2.21. The fourth-order valence-electron chi connectivity index (χ4n) is 1.75. The van der Waals surface area contributed by atoms with E-state index in [2.05, 4.69) is 4.98 Å². The smallest absolute Gasteiger partial charge is 0.149 e. The Morgan fingerprint density at radius 1 is 1.39 bits per heavy atom. The number of halogens is 2. The highest BCUT2D eigenvalue weighted by molar-refractivity contribution is 7.90. The van der Waals surface area contributed by atoms with Crippen LogP contribution >= 0.6 is 23.2 Å². The zero-order valence-electron chi connectivity index (χ0n) is 9.73. The first-order valence-electron chi connectivity index (χ1n) is 5.29. The number of sulfone groups is 1. The summed E-state index contributed by atoms with van der Waals surface area (Å²) in [5.74, 6) is 0.933. The summed E-state index contributed by atoms with van der Waals surface area (Å²) in [5, 5.41) is 0.587. The molecule has 18 heavy (non-hydrogen) atoms. The number of rotatable bonds is 4. The topological polar surface area (TPSA) is 52.0 Å². The Morgan fingerprint density at radius 3 is 2.72 bits per heavy atom. The molecule has 7 heteroatoms. The van der Waals surface area contributed by atoms with Crippen molar-refractivity contribution in [1.29, 1.82) is 0 Å². The van der Waals surface area contributed by atoms with Crippen molar-refractivity contribution in [2.24, 2.45) is 0 Å². The van der Waals surface area contributed by atoms with E-state index in [1.807, 2.05) is 0 Å². The molecule has 0 bridgehead atoms. The number of hydrogen-bond acceptors (Lipinski definition) is 3. The van der Waals surface area contributed by atoms with E-state index in [-0.39, 0.29) is 11.6 Å². The van der Waals surface area contributed by atoms with Gasteiger partial charge in [0.15, 0.2) is 0 Å². The van der Waals surface area contributed by atoms with E-state index in [4.69, 9.17) is 23.2 Å². The SMILES string of the molecule is CS(=O)(=O)CCn1c(CCl)nc2ccc(Cl)cc21. The highest BCUT2D eigenvalue weighted by atomic mass is 35.5. The normalized spacial score (nSPS) is 12.2. The standard InChI is InChI=1S/C11H12Cl2N2O2S/c1-18(16,17)5-4-15-10-6-8(13)2-3-9(10)14-11(15)7-12/h2-3,6H,4-5,7H2,1H3. The summed E-state index contributed by atoms with van der Waals surface area (Å²) in [6.45, 7) is 0.331. The van der Waals surface area contributed by atoms with Crippen LogP contribution < -0.4 is 0 Å². The lowest BCUT2D eigenvalue weighted by Gasteiger charge is -2.06. The van der Waals surface area contributed by atoms with Crippen LogP contribution in [0.25, 0.3) is 11.0 Å². The number of aromatic nitrogens is 2. The molecule has 1 aromatic carbocycles. The number of benzene rings is 1. The van der Waals surface area contributed by atoms with Gasteiger partial charge >= 0.3 is 0 Å². The minimum atomic E-state index is -3.03. The Labute approximate surface area is 115 Å². The molecule has 0 saturated heterocycles. The number of nitrogens with zero attached hydrogens (tertiary/aromatic N) is 2. The van der Waals surface area contributed by atoms with Crippen LogP contribution in [-0.2, 0) is 22.3 Å². The Kier molecular flexibility index (Phi) is 3.84. The Balaban J connectivity index is 2.49. The molecule has 0 aliphatic rings. The van der Waals surface area contributed by atoms with Crippen molar-refractivity contribution in [2.75, 3.05) is 12.0 Å². The molecular weight excluding hydrogens is 295 g/mol. The summed E-state index contributed by atoms with van der Waals surface area (Å²) in [5.41, 5.74) is 1.57. The maximum absolute atomic E-state index is 11.2. The molecule has 4 nitrogen and oxygen atoms in total. The Hall–Kier alpha value is -0.780. The van der Waals surface area contributed by atoms with Gasteiger partial charge in [-0.3, -0.25) is 0 Å². The highest BCUT2D eigenvalue weighted by Gasteiger charge is 2.12. The first-order valence-corrected chi connectivity index (χ1v) is 8.26. The van der Waals surface area contributed by atoms with Gasteiger partial charge in [0.1, 0.15) is 15.7 Å². The fourth-order valence-corrected chi connectivity index (χ4v) is 2.64. The molecule has 1 aromatic heterocycles. The van der Waals surface area contributed by atoms with Crippen molar-refractivity contribution < 1.29 is 8.42 Å². The average Bonchev–Trinajstić information content (AvgIpc) is 2.62. The van der Waals surface area contributed by atoms with Gasteiger partial charge < -0.3 is 4.57 Å². The zero-order chi connectivity index (χ0) is 13.3. The van der Waals surface area contributed by atoms with E-state index in [9.17, 15) is 8.42 Å². The summed E-state index contributed by atoms with van der Waals surface area (Å²) >= 11 is 11.8. The van der Waals surface area contributed by atoms with Crippen LogP contribution in [0.1, 0.15) is 5.82 Å². The van der Waals surface area contributed by atoms with Crippen molar-refractivity contribution in [3.8, 4) is 0 Å². The van der Waals surface area contributed by atoms with Crippen molar-refractivity contribution in [3.63, 3.8) is 0 Å². The predicted molar refractivity (Wildman–Crippen MR) is 74.0 cm³/mol. The van der Waals surface area contributed by atoms with Crippen molar-refractivity contribution in [1.82, 2.24) is 9.55 Å². The van der Waals surface area contributed by atoms with Gasteiger partial charge in [0, 0.05) is 17.8 Å². The number of imidazole rings is 1. The molecule has 0 aliphatic carbocycles. The molecule has 0 saturated carbocycles.